The first kappa shape index (κ1) is 16.0. The maximum absolute atomic E-state index is 11.9. The van der Waals surface area contributed by atoms with Crippen molar-refractivity contribution in [1.82, 2.24) is 9.97 Å². The molecule has 2 N–H and O–H groups in total. The van der Waals surface area contributed by atoms with Crippen LogP contribution in [0.3, 0.4) is 0 Å². The Kier molecular flexibility index (Phi) is 4.22. The van der Waals surface area contributed by atoms with Crippen LogP contribution in [-0.2, 0) is 6.42 Å². The molecule has 0 aliphatic carbocycles. The summed E-state index contributed by atoms with van der Waals surface area (Å²) in [4.78, 5) is 39.7. The van der Waals surface area contributed by atoms with Gasteiger partial charge in [0, 0.05) is 5.56 Å². The number of aromatic nitrogens is 2. The van der Waals surface area contributed by atoms with E-state index in [1.54, 1.807) is 37.3 Å². The zero-order valence-electron chi connectivity index (χ0n) is 12.7. The molecule has 1 aromatic heterocycles. The summed E-state index contributed by atoms with van der Waals surface area (Å²) in [5, 5.41) is 13.2. The Morgan fingerprint density at radius 1 is 1.12 bits per heavy atom. The number of nitrogens with zero attached hydrogens (tertiary/aromatic N) is 1. The van der Waals surface area contributed by atoms with Crippen molar-refractivity contribution in [2.45, 2.75) is 23.3 Å². The van der Waals surface area contributed by atoms with E-state index in [2.05, 4.69) is 9.97 Å². The van der Waals surface area contributed by atoms with Gasteiger partial charge in [-0.15, -0.1) is 0 Å². The minimum atomic E-state index is -0.636. The number of benzene rings is 2. The molecule has 8 heteroatoms. The number of hydrogen-bond donors (Lipinski definition) is 2. The molecule has 0 radical (unpaired) electrons. The van der Waals surface area contributed by atoms with Crippen molar-refractivity contribution in [1.29, 1.82) is 0 Å². The number of nitro benzene ring substituents is 1. The number of hydrogen-bond acceptors (Lipinski definition) is 5. The van der Waals surface area contributed by atoms with Gasteiger partial charge in [-0.05, 0) is 23.9 Å². The summed E-state index contributed by atoms with van der Waals surface area (Å²) in [7, 11) is 0. The van der Waals surface area contributed by atoms with Crippen LogP contribution >= 0.6 is 11.8 Å². The van der Waals surface area contributed by atoms with E-state index >= 15 is 0 Å². The Bertz CT molecular complexity index is 1060. The molecule has 3 aromatic rings. The molecule has 0 unspecified atom stereocenters. The van der Waals surface area contributed by atoms with Crippen LogP contribution in [0.25, 0.3) is 10.8 Å². The molecular formula is C16H13N3O4S. The molecule has 0 aliphatic heterocycles. The van der Waals surface area contributed by atoms with Gasteiger partial charge in [0.25, 0.3) is 11.2 Å². The second kappa shape index (κ2) is 6.32. The van der Waals surface area contributed by atoms with Crippen molar-refractivity contribution in [2.75, 3.05) is 0 Å². The second-order valence-electron chi connectivity index (χ2n) is 5.06. The van der Waals surface area contributed by atoms with Crippen LogP contribution in [0.2, 0.25) is 0 Å². The molecule has 0 aliphatic rings. The van der Waals surface area contributed by atoms with E-state index < -0.39 is 16.2 Å². The van der Waals surface area contributed by atoms with Crippen LogP contribution in [0.15, 0.2) is 55.9 Å². The van der Waals surface area contributed by atoms with Gasteiger partial charge in [-0.3, -0.25) is 19.9 Å². The maximum atomic E-state index is 11.9. The Morgan fingerprint density at radius 3 is 2.58 bits per heavy atom. The fourth-order valence-corrected chi connectivity index (χ4v) is 3.66. The molecule has 0 fully saturated rings. The van der Waals surface area contributed by atoms with Gasteiger partial charge in [-0.1, -0.05) is 43.0 Å². The Labute approximate surface area is 139 Å². The highest BCUT2D eigenvalue weighted by Crippen LogP contribution is 2.39. The van der Waals surface area contributed by atoms with E-state index in [1.165, 1.54) is 0 Å². The van der Waals surface area contributed by atoms with Crippen LogP contribution in [-0.4, -0.2) is 14.9 Å². The van der Waals surface area contributed by atoms with Crippen molar-refractivity contribution in [2.24, 2.45) is 0 Å². The normalized spacial score (nSPS) is 10.9. The van der Waals surface area contributed by atoms with E-state index in [1.807, 2.05) is 6.07 Å². The zero-order chi connectivity index (χ0) is 17.3. The molecule has 24 heavy (non-hydrogen) atoms. The summed E-state index contributed by atoms with van der Waals surface area (Å²) in [6, 6.07) is 10.4. The van der Waals surface area contributed by atoms with Gasteiger partial charge in [0.15, 0.2) is 0 Å². The predicted molar refractivity (Wildman–Crippen MR) is 91.8 cm³/mol. The fraction of sp³-hybridized carbons (Fsp3) is 0.125. The summed E-state index contributed by atoms with van der Waals surface area (Å²) in [5.41, 5.74) is -0.765. The molecule has 1 heterocycles. The highest BCUT2D eigenvalue weighted by molar-refractivity contribution is 7.99. The van der Waals surface area contributed by atoms with Crippen molar-refractivity contribution in [3.63, 3.8) is 0 Å². The Morgan fingerprint density at radius 2 is 1.88 bits per heavy atom. The largest absolute Gasteiger partial charge is 0.326 e. The lowest BCUT2D eigenvalue weighted by Crippen LogP contribution is -2.26. The minimum Gasteiger partial charge on any atom is -0.301 e. The van der Waals surface area contributed by atoms with Gasteiger partial charge in [0.2, 0.25) is 0 Å². The molecule has 0 amide bonds. The fourth-order valence-electron chi connectivity index (χ4n) is 2.52. The van der Waals surface area contributed by atoms with Gasteiger partial charge in [0.05, 0.1) is 20.2 Å². The van der Waals surface area contributed by atoms with Crippen LogP contribution in [0.5, 0.6) is 0 Å². The Hall–Kier alpha value is -2.87. The second-order valence-corrected chi connectivity index (χ2v) is 6.11. The van der Waals surface area contributed by atoms with E-state index in [-0.39, 0.29) is 5.69 Å². The zero-order valence-corrected chi connectivity index (χ0v) is 13.5. The van der Waals surface area contributed by atoms with Crippen molar-refractivity contribution >= 4 is 28.2 Å². The highest BCUT2D eigenvalue weighted by Gasteiger charge is 2.21. The minimum absolute atomic E-state index is 0.0405. The smallest absolute Gasteiger partial charge is 0.301 e. The van der Waals surface area contributed by atoms with Gasteiger partial charge in [0.1, 0.15) is 0 Å². The third-order valence-corrected chi connectivity index (χ3v) is 4.72. The summed E-state index contributed by atoms with van der Waals surface area (Å²) in [6.07, 6.45) is 0.399. The van der Waals surface area contributed by atoms with Crippen LogP contribution in [0.1, 0.15) is 12.5 Å². The lowest BCUT2D eigenvalue weighted by Gasteiger charge is -2.08. The lowest BCUT2D eigenvalue weighted by atomic mass is 10.1. The molecule has 0 atom stereocenters. The third-order valence-electron chi connectivity index (χ3n) is 3.61. The topological polar surface area (TPSA) is 109 Å². The molecule has 7 nitrogen and oxygen atoms in total. The maximum Gasteiger partial charge on any atom is 0.326 e. The van der Waals surface area contributed by atoms with E-state index in [0.29, 0.717) is 27.3 Å². The molecule has 2 aromatic carbocycles. The number of rotatable bonds is 4. The van der Waals surface area contributed by atoms with Crippen LogP contribution < -0.4 is 11.2 Å². The molecule has 0 saturated carbocycles. The van der Waals surface area contributed by atoms with Gasteiger partial charge < -0.3 is 4.98 Å². The summed E-state index contributed by atoms with van der Waals surface area (Å²) in [6.45, 7) is 1.78. The van der Waals surface area contributed by atoms with E-state index in [0.717, 1.165) is 17.1 Å². The molecule has 0 saturated heterocycles. The first-order valence-corrected chi connectivity index (χ1v) is 8.02. The quantitative estimate of drug-likeness (QED) is 0.430. The van der Waals surface area contributed by atoms with Crippen LogP contribution in [0.4, 0.5) is 5.69 Å². The standard InChI is InChI=1S/C16H13N3O4S/c1-2-10-14(20)17-16(21)18-15(10)24-12-8-7-9-5-3-4-6-11(9)13(12)19(22)23/h3-8H,2H2,1H3,(H2,17,18,20,21). The number of H-pyrrole nitrogens is 2. The molecule has 3 rings (SSSR count). The van der Waals surface area contributed by atoms with Crippen molar-refractivity contribution in [3.8, 4) is 0 Å². The molecule has 0 spiro atoms. The molecule has 122 valence electrons. The average Bonchev–Trinajstić information content (AvgIpc) is 2.54. The lowest BCUT2D eigenvalue weighted by molar-refractivity contribution is -0.385. The van der Waals surface area contributed by atoms with E-state index in [9.17, 15) is 19.7 Å². The third kappa shape index (κ3) is 2.83. The number of nitrogens with one attached hydrogen (secondary N) is 2. The van der Waals surface area contributed by atoms with Gasteiger partial charge in [-0.25, -0.2) is 4.79 Å². The first-order valence-electron chi connectivity index (χ1n) is 7.20. The van der Waals surface area contributed by atoms with Crippen LogP contribution in [0, 0.1) is 10.1 Å². The molecular weight excluding hydrogens is 330 g/mol. The summed E-state index contributed by atoms with van der Waals surface area (Å²) >= 11 is 1.02. The van der Waals surface area contributed by atoms with Gasteiger partial charge in [-0.2, -0.15) is 0 Å². The molecule has 0 bridgehead atoms. The summed E-state index contributed by atoms with van der Waals surface area (Å²) in [5.74, 6) is 0. The van der Waals surface area contributed by atoms with E-state index in [4.69, 9.17) is 0 Å². The number of nitro groups is 1. The monoisotopic (exact) mass is 343 g/mol. The highest BCUT2D eigenvalue weighted by atomic mass is 32.2. The number of fused-ring (bicyclic) bond motifs is 1. The predicted octanol–water partition coefficient (Wildman–Crippen LogP) is 2.84. The van der Waals surface area contributed by atoms with Crippen molar-refractivity contribution < 1.29 is 4.92 Å². The first-order chi connectivity index (χ1) is 11.5. The van der Waals surface area contributed by atoms with Gasteiger partial charge >= 0.3 is 5.69 Å². The summed E-state index contributed by atoms with van der Waals surface area (Å²) < 4.78 is 0. The Balaban J connectivity index is 2.22. The van der Waals surface area contributed by atoms with Crippen molar-refractivity contribution in [3.05, 3.63) is 72.9 Å². The average molecular weight is 343 g/mol. The SMILES string of the molecule is CCc1c(Sc2ccc3ccccc3c2[N+](=O)[O-])[nH]c(=O)[nH]c1=O. The number of aromatic amines is 2.